The monoisotopic (exact) mass is 329 g/mol. The minimum Gasteiger partial charge on any atom is -0.389 e. The van der Waals surface area contributed by atoms with Crippen LogP contribution in [0.25, 0.3) is 0 Å². The van der Waals surface area contributed by atoms with E-state index in [-0.39, 0.29) is 0 Å². The van der Waals surface area contributed by atoms with E-state index in [1.165, 1.54) is 0 Å². The first-order valence-electron chi connectivity index (χ1n) is 5.14. The van der Waals surface area contributed by atoms with Gasteiger partial charge < -0.3 is 5.11 Å². The lowest BCUT2D eigenvalue weighted by Gasteiger charge is -2.08. The van der Waals surface area contributed by atoms with Crippen LogP contribution in [-0.2, 0) is 0 Å². The Morgan fingerprint density at radius 3 is 2.76 bits per heavy atom. The molecule has 1 heterocycles. The van der Waals surface area contributed by atoms with Gasteiger partial charge in [0.25, 0.3) is 0 Å². The van der Waals surface area contributed by atoms with Gasteiger partial charge in [-0.05, 0) is 31.5 Å². The predicted octanol–water partition coefficient (Wildman–Crippen LogP) is 4.42. The molecule has 0 saturated heterocycles. The summed E-state index contributed by atoms with van der Waals surface area (Å²) in [5, 5.41) is 11.6. The van der Waals surface area contributed by atoms with Crippen LogP contribution in [0.15, 0.2) is 37.3 Å². The zero-order chi connectivity index (χ0) is 12.4. The van der Waals surface area contributed by atoms with E-state index in [4.69, 9.17) is 0 Å². The molecular formula is C12H12BrNOS2. The molecule has 5 heteroatoms. The van der Waals surface area contributed by atoms with Gasteiger partial charge in [-0.3, -0.25) is 0 Å². The Morgan fingerprint density at radius 2 is 2.24 bits per heavy atom. The smallest absolute Gasteiger partial charge is 0.154 e. The summed E-state index contributed by atoms with van der Waals surface area (Å²) in [6.45, 7) is 3.75. The number of nitrogens with zero attached hydrogens (tertiary/aromatic N) is 1. The van der Waals surface area contributed by atoms with Gasteiger partial charge in [-0.25, -0.2) is 4.98 Å². The Labute approximate surface area is 117 Å². The second-order valence-electron chi connectivity index (χ2n) is 3.72. The summed E-state index contributed by atoms with van der Waals surface area (Å²) in [4.78, 5) is 5.53. The van der Waals surface area contributed by atoms with Crippen molar-refractivity contribution in [1.82, 2.24) is 4.98 Å². The molecule has 17 heavy (non-hydrogen) atoms. The van der Waals surface area contributed by atoms with Crippen LogP contribution in [0.4, 0.5) is 0 Å². The summed E-state index contributed by atoms with van der Waals surface area (Å²) < 4.78 is 1.98. The van der Waals surface area contributed by atoms with E-state index >= 15 is 0 Å². The molecular weight excluding hydrogens is 318 g/mol. The van der Waals surface area contributed by atoms with E-state index in [2.05, 4.69) is 20.9 Å². The minimum atomic E-state index is -0.453. The minimum absolute atomic E-state index is 0.453. The van der Waals surface area contributed by atoms with Crippen LogP contribution in [0.1, 0.15) is 24.3 Å². The molecule has 2 aromatic rings. The van der Waals surface area contributed by atoms with E-state index in [1.807, 2.05) is 30.5 Å². The highest BCUT2D eigenvalue weighted by atomic mass is 79.9. The predicted molar refractivity (Wildman–Crippen MR) is 75.7 cm³/mol. The van der Waals surface area contributed by atoms with Crippen molar-refractivity contribution in [2.75, 3.05) is 0 Å². The first kappa shape index (κ1) is 13.1. The van der Waals surface area contributed by atoms with Crippen molar-refractivity contribution in [2.45, 2.75) is 29.2 Å². The fourth-order valence-electron chi connectivity index (χ4n) is 1.39. The molecule has 1 N–H and O–H groups in total. The van der Waals surface area contributed by atoms with Crippen LogP contribution in [0, 0.1) is 6.92 Å². The molecule has 0 radical (unpaired) electrons. The summed E-state index contributed by atoms with van der Waals surface area (Å²) in [6, 6.07) is 5.97. The van der Waals surface area contributed by atoms with Crippen LogP contribution in [-0.4, -0.2) is 10.1 Å². The first-order chi connectivity index (χ1) is 8.06. The number of thiazole rings is 1. The largest absolute Gasteiger partial charge is 0.389 e. The molecule has 1 aromatic heterocycles. The lowest BCUT2D eigenvalue weighted by molar-refractivity contribution is 0.198. The Bertz CT molecular complexity index is 525. The number of rotatable bonds is 3. The van der Waals surface area contributed by atoms with E-state index in [9.17, 15) is 5.11 Å². The molecule has 90 valence electrons. The molecule has 0 aliphatic rings. The molecule has 1 aromatic carbocycles. The van der Waals surface area contributed by atoms with Crippen molar-refractivity contribution in [1.29, 1.82) is 0 Å². The van der Waals surface area contributed by atoms with Crippen molar-refractivity contribution in [3.05, 3.63) is 39.3 Å². The van der Waals surface area contributed by atoms with Gasteiger partial charge in [0.1, 0.15) is 0 Å². The average Bonchev–Trinajstić information content (AvgIpc) is 2.63. The van der Waals surface area contributed by atoms with Crippen LogP contribution >= 0.6 is 39.0 Å². The Kier molecular flexibility index (Phi) is 4.25. The van der Waals surface area contributed by atoms with Gasteiger partial charge in [-0.15, -0.1) is 11.3 Å². The second-order valence-corrected chi connectivity index (χ2v) is 6.75. The molecule has 0 aliphatic carbocycles. The number of hydrogen-bond donors (Lipinski definition) is 1. The third-order valence-electron chi connectivity index (χ3n) is 2.23. The van der Waals surface area contributed by atoms with Crippen LogP contribution < -0.4 is 0 Å². The Balaban J connectivity index is 2.20. The van der Waals surface area contributed by atoms with Gasteiger partial charge in [0.15, 0.2) is 4.34 Å². The zero-order valence-corrected chi connectivity index (χ0v) is 12.7. The number of benzene rings is 1. The third kappa shape index (κ3) is 3.31. The molecule has 0 fully saturated rings. The number of hydrogen-bond acceptors (Lipinski definition) is 4. The summed E-state index contributed by atoms with van der Waals surface area (Å²) >= 11 is 6.76. The number of aliphatic hydroxyl groups excluding tert-OH is 1. The van der Waals surface area contributed by atoms with Crippen LogP contribution in [0.2, 0.25) is 0 Å². The molecule has 0 unspecified atom stereocenters. The van der Waals surface area contributed by atoms with Crippen molar-refractivity contribution < 1.29 is 5.11 Å². The standard InChI is InChI=1S/C12H12BrNOS2/c1-7-6-16-12(14-7)17-9-3-4-10(8(2)15)11(13)5-9/h3-6,8,15H,1-2H3/t8-/m0/s1. The SMILES string of the molecule is Cc1csc(Sc2ccc([C@H](C)O)c(Br)c2)n1. The molecule has 0 saturated carbocycles. The highest BCUT2D eigenvalue weighted by molar-refractivity contribution is 9.10. The number of aliphatic hydroxyl groups is 1. The molecule has 0 aliphatic heterocycles. The highest BCUT2D eigenvalue weighted by Gasteiger charge is 2.08. The topological polar surface area (TPSA) is 33.1 Å². The normalized spacial score (nSPS) is 12.7. The first-order valence-corrected chi connectivity index (χ1v) is 7.62. The van der Waals surface area contributed by atoms with Crippen molar-refractivity contribution in [3.63, 3.8) is 0 Å². The van der Waals surface area contributed by atoms with Crippen molar-refractivity contribution >= 4 is 39.0 Å². The lowest BCUT2D eigenvalue weighted by atomic mass is 10.1. The third-order valence-corrected chi connectivity index (χ3v) is 4.96. The lowest BCUT2D eigenvalue weighted by Crippen LogP contribution is -1.92. The number of aryl methyl sites for hydroxylation is 1. The molecule has 0 bridgehead atoms. The van der Waals surface area contributed by atoms with Gasteiger partial charge in [0, 0.05) is 20.4 Å². The molecule has 2 rings (SSSR count). The van der Waals surface area contributed by atoms with Gasteiger partial charge in [0.2, 0.25) is 0 Å². The fourth-order valence-corrected chi connectivity index (χ4v) is 4.10. The maximum Gasteiger partial charge on any atom is 0.154 e. The van der Waals surface area contributed by atoms with Gasteiger partial charge >= 0.3 is 0 Å². The van der Waals surface area contributed by atoms with Gasteiger partial charge in [-0.2, -0.15) is 0 Å². The number of halogens is 1. The van der Waals surface area contributed by atoms with Gasteiger partial charge in [-0.1, -0.05) is 33.8 Å². The van der Waals surface area contributed by atoms with Crippen molar-refractivity contribution in [3.8, 4) is 0 Å². The quantitative estimate of drug-likeness (QED) is 0.904. The summed E-state index contributed by atoms with van der Waals surface area (Å²) in [5.74, 6) is 0. The summed E-state index contributed by atoms with van der Waals surface area (Å²) in [5.41, 5.74) is 1.96. The van der Waals surface area contributed by atoms with E-state index in [0.29, 0.717) is 0 Å². The molecule has 1 atom stereocenters. The maximum absolute atomic E-state index is 9.54. The Morgan fingerprint density at radius 1 is 1.47 bits per heavy atom. The van der Waals surface area contributed by atoms with Crippen molar-refractivity contribution in [2.24, 2.45) is 0 Å². The average molecular weight is 330 g/mol. The summed E-state index contributed by atoms with van der Waals surface area (Å²) in [7, 11) is 0. The highest BCUT2D eigenvalue weighted by Crippen LogP contribution is 2.34. The van der Waals surface area contributed by atoms with E-state index in [0.717, 1.165) is 25.0 Å². The Hall–Kier alpha value is -0.360. The maximum atomic E-state index is 9.54. The summed E-state index contributed by atoms with van der Waals surface area (Å²) in [6.07, 6.45) is -0.453. The van der Waals surface area contributed by atoms with Crippen LogP contribution in [0.5, 0.6) is 0 Å². The second kappa shape index (κ2) is 5.52. The fraction of sp³-hybridized carbons (Fsp3) is 0.250. The van der Waals surface area contributed by atoms with Gasteiger partial charge in [0.05, 0.1) is 6.10 Å². The van der Waals surface area contributed by atoms with Crippen LogP contribution in [0.3, 0.4) is 0 Å². The van der Waals surface area contributed by atoms with E-state index < -0.39 is 6.10 Å². The number of aromatic nitrogens is 1. The molecule has 0 spiro atoms. The van der Waals surface area contributed by atoms with E-state index in [1.54, 1.807) is 30.0 Å². The zero-order valence-electron chi connectivity index (χ0n) is 9.48. The molecule has 2 nitrogen and oxygen atoms in total. The molecule has 0 amide bonds.